The lowest BCUT2D eigenvalue weighted by molar-refractivity contribution is 0.292. The summed E-state index contributed by atoms with van der Waals surface area (Å²) in [6.07, 6.45) is 5.56. The zero-order valence-electron chi connectivity index (χ0n) is 11.4. The Balaban J connectivity index is 1.96. The third-order valence-corrected chi connectivity index (χ3v) is 5.66. The maximum atomic E-state index is 3.71. The van der Waals surface area contributed by atoms with E-state index in [1.165, 1.54) is 36.7 Å². The van der Waals surface area contributed by atoms with Crippen molar-refractivity contribution in [3.63, 3.8) is 0 Å². The van der Waals surface area contributed by atoms with Crippen LogP contribution < -0.4 is 5.32 Å². The van der Waals surface area contributed by atoms with Gasteiger partial charge in [-0.05, 0) is 70.6 Å². The van der Waals surface area contributed by atoms with Crippen molar-refractivity contribution in [3.05, 3.63) is 20.8 Å². The first-order chi connectivity index (χ1) is 8.68. The van der Waals surface area contributed by atoms with Gasteiger partial charge in [-0.25, -0.2) is 0 Å². The molecule has 1 aliphatic rings. The number of hydrogen-bond donors (Lipinski definition) is 1. The van der Waals surface area contributed by atoms with Gasteiger partial charge in [-0.1, -0.05) is 26.7 Å². The molecule has 0 radical (unpaired) electrons. The average Bonchev–Trinajstić information content (AvgIpc) is 2.76. The Morgan fingerprint density at radius 1 is 1.33 bits per heavy atom. The lowest BCUT2D eigenvalue weighted by Crippen LogP contribution is -2.31. The van der Waals surface area contributed by atoms with E-state index in [-0.39, 0.29) is 0 Å². The van der Waals surface area contributed by atoms with Crippen LogP contribution in [0.2, 0.25) is 0 Å². The summed E-state index contributed by atoms with van der Waals surface area (Å²) in [5, 5.41) is 8.22. The zero-order chi connectivity index (χ0) is 13.0. The fourth-order valence-electron chi connectivity index (χ4n) is 2.97. The van der Waals surface area contributed by atoms with Crippen molar-refractivity contribution in [2.75, 3.05) is 13.1 Å². The SMILES string of the molecule is CC(C)CNCC1CCCCC1c1cscc1Br. The van der Waals surface area contributed by atoms with E-state index >= 15 is 0 Å². The van der Waals surface area contributed by atoms with Gasteiger partial charge in [0.2, 0.25) is 0 Å². The molecule has 1 nitrogen and oxygen atoms in total. The number of nitrogens with one attached hydrogen (secondary N) is 1. The smallest absolute Gasteiger partial charge is 0.0317 e. The van der Waals surface area contributed by atoms with Gasteiger partial charge in [0.25, 0.3) is 0 Å². The second kappa shape index (κ2) is 7.06. The summed E-state index contributed by atoms with van der Waals surface area (Å²) >= 11 is 5.53. The Morgan fingerprint density at radius 2 is 2.11 bits per heavy atom. The fourth-order valence-corrected chi connectivity index (χ4v) is 4.63. The van der Waals surface area contributed by atoms with Crippen LogP contribution in [-0.2, 0) is 0 Å². The van der Waals surface area contributed by atoms with Crippen LogP contribution in [-0.4, -0.2) is 13.1 Å². The van der Waals surface area contributed by atoms with E-state index in [2.05, 4.69) is 45.9 Å². The normalized spacial score (nSPS) is 24.7. The van der Waals surface area contributed by atoms with Crippen molar-refractivity contribution in [1.82, 2.24) is 5.32 Å². The van der Waals surface area contributed by atoms with E-state index in [1.54, 1.807) is 5.56 Å². The average molecular weight is 330 g/mol. The molecule has 1 aromatic heterocycles. The summed E-state index contributed by atoms with van der Waals surface area (Å²) in [7, 11) is 0. The molecule has 1 saturated carbocycles. The maximum absolute atomic E-state index is 3.71. The molecule has 0 spiro atoms. The van der Waals surface area contributed by atoms with Crippen molar-refractivity contribution in [2.45, 2.75) is 45.4 Å². The highest BCUT2D eigenvalue weighted by Crippen LogP contribution is 2.41. The zero-order valence-corrected chi connectivity index (χ0v) is 13.8. The molecule has 1 heterocycles. The maximum Gasteiger partial charge on any atom is 0.0317 e. The first-order valence-corrected chi connectivity index (χ1v) is 8.84. The summed E-state index contributed by atoms with van der Waals surface area (Å²) in [6.45, 7) is 6.89. The van der Waals surface area contributed by atoms with Crippen LogP contribution in [0.5, 0.6) is 0 Å². The molecule has 2 unspecified atom stereocenters. The van der Waals surface area contributed by atoms with E-state index in [9.17, 15) is 0 Å². The van der Waals surface area contributed by atoms with Gasteiger partial charge in [-0.15, -0.1) is 0 Å². The third-order valence-electron chi connectivity index (χ3n) is 3.91. The number of hydrogen-bond acceptors (Lipinski definition) is 2. The van der Waals surface area contributed by atoms with Gasteiger partial charge in [-0.3, -0.25) is 0 Å². The number of rotatable bonds is 5. The molecular weight excluding hydrogens is 306 g/mol. The van der Waals surface area contributed by atoms with Crippen LogP contribution in [0.25, 0.3) is 0 Å². The minimum atomic E-state index is 0.750. The monoisotopic (exact) mass is 329 g/mol. The van der Waals surface area contributed by atoms with Crippen LogP contribution in [0.15, 0.2) is 15.2 Å². The molecule has 1 aliphatic carbocycles. The molecule has 2 atom stereocenters. The van der Waals surface area contributed by atoms with E-state index in [0.717, 1.165) is 24.3 Å². The molecule has 0 bridgehead atoms. The molecule has 102 valence electrons. The highest BCUT2D eigenvalue weighted by Gasteiger charge is 2.27. The van der Waals surface area contributed by atoms with Gasteiger partial charge in [-0.2, -0.15) is 11.3 Å². The molecule has 3 heteroatoms. The van der Waals surface area contributed by atoms with E-state index < -0.39 is 0 Å². The summed E-state index contributed by atoms with van der Waals surface area (Å²) < 4.78 is 1.33. The minimum Gasteiger partial charge on any atom is -0.316 e. The Hall–Kier alpha value is 0.140. The third kappa shape index (κ3) is 3.82. The second-order valence-corrected chi connectivity index (χ2v) is 7.48. The van der Waals surface area contributed by atoms with E-state index in [0.29, 0.717) is 0 Å². The Bertz CT molecular complexity index is 361. The highest BCUT2D eigenvalue weighted by atomic mass is 79.9. The van der Waals surface area contributed by atoms with Gasteiger partial charge in [0, 0.05) is 9.85 Å². The molecule has 0 saturated heterocycles. The Morgan fingerprint density at radius 3 is 2.78 bits per heavy atom. The first-order valence-electron chi connectivity index (χ1n) is 7.10. The van der Waals surface area contributed by atoms with Crippen LogP contribution >= 0.6 is 27.3 Å². The summed E-state index contributed by atoms with van der Waals surface area (Å²) in [6, 6.07) is 0. The summed E-state index contributed by atoms with van der Waals surface area (Å²) in [5.41, 5.74) is 1.55. The predicted molar refractivity (Wildman–Crippen MR) is 84.4 cm³/mol. The molecule has 1 fully saturated rings. The summed E-state index contributed by atoms with van der Waals surface area (Å²) in [5.74, 6) is 2.34. The van der Waals surface area contributed by atoms with Crippen molar-refractivity contribution in [3.8, 4) is 0 Å². The topological polar surface area (TPSA) is 12.0 Å². The first kappa shape index (κ1) is 14.5. The molecular formula is C15H24BrNS. The molecule has 1 N–H and O–H groups in total. The lowest BCUT2D eigenvalue weighted by atomic mass is 9.76. The van der Waals surface area contributed by atoms with Gasteiger partial charge < -0.3 is 5.32 Å². The van der Waals surface area contributed by atoms with Crippen molar-refractivity contribution >= 4 is 27.3 Å². The van der Waals surface area contributed by atoms with Crippen LogP contribution in [0.3, 0.4) is 0 Å². The number of halogens is 1. The molecule has 2 rings (SSSR count). The quantitative estimate of drug-likeness (QED) is 0.798. The fraction of sp³-hybridized carbons (Fsp3) is 0.733. The minimum absolute atomic E-state index is 0.750. The molecule has 0 amide bonds. The lowest BCUT2D eigenvalue weighted by Gasteiger charge is -2.32. The van der Waals surface area contributed by atoms with Crippen molar-refractivity contribution in [1.29, 1.82) is 0 Å². The predicted octanol–water partition coefficient (Wildman–Crippen LogP) is 5.03. The number of thiophene rings is 1. The van der Waals surface area contributed by atoms with Crippen molar-refractivity contribution in [2.24, 2.45) is 11.8 Å². The van der Waals surface area contributed by atoms with E-state index in [1.807, 2.05) is 11.3 Å². The second-order valence-electron chi connectivity index (χ2n) is 5.88. The Labute approximate surface area is 123 Å². The molecule has 0 aromatic carbocycles. The van der Waals surface area contributed by atoms with E-state index in [4.69, 9.17) is 0 Å². The standard InChI is InChI=1S/C15H24BrNS/c1-11(2)7-17-8-12-5-3-4-6-13(12)14-9-18-10-15(14)16/h9-13,17H,3-8H2,1-2H3. The van der Waals surface area contributed by atoms with Gasteiger partial charge >= 0.3 is 0 Å². The highest BCUT2D eigenvalue weighted by molar-refractivity contribution is 9.10. The molecule has 1 aromatic rings. The van der Waals surface area contributed by atoms with Crippen molar-refractivity contribution < 1.29 is 0 Å². The van der Waals surface area contributed by atoms with Gasteiger partial charge in [0.05, 0.1) is 0 Å². The van der Waals surface area contributed by atoms with Gasteiger partial charge in [0.15, 0.2) is 0 Å². The summed E-state index contributed by atoms with van der Waals surface area (Å²) in [4.78, 5) is 0. The largest absolute Gasteiger partial charge is 0.316 e. The Kier molecular flexibility index (Phi) is 5.71. The van der Waals surface area contributed by atoms with Gasteiger partial charge in [0.1, 0.15) is 0 Å². The molecule has 0 aliphatic heterocycles. The van der Waals surface area contributed by atoms with Crippen LogP contribution in [0.1, 0.15) is 51.0 Å². The van der Waals surface area contributed by atoms with Crippen LogP contribution in [0, 0.1) is 11.8 Å². The molecule has 18 heavy (non-hydrogen) atoms. The van der Waals surface area contributed by atoms with Crippen LogP contribution in [0.4, 0.5) is 0 Å².